The Balaban J connectivity index is 1.76. The molecule has 1 fully saturated rings. The Kier molecular flexibility index (Phi) is 5.54. The third-order valence-corrected chi connectivity index (χ3v) is 4.87. The SMILES string of the molecule is Cc1cc(NC(=O)CCN2CCCN(S(C)(=O)=O)CC2)no1. The van der Waals surface area contributed by atoms with Crippen LogP contribution in [0.4, 0.5) is 5.82 Å². The van der Waals surface area contributed by atoms with Crippen LogP contribution in [-0.2, 0) is 14.8 Å². The maximum atomic E-state index is 11.8. The molecule has 22 heavy (non-hydrogen) atoms. The van der Waals surface area contributed by atoms with Crippen LogP contribution in [0.5, 0.6) is 0 Å². The number of hydrogen-bond donors (Lipinski definition) is 1. The zero-order valence-corrected chi connectivity index (χ0v) is 13.7. The standard InChI is InChI=1S/C13H22N4O4S/c1-11-10-12(15-21-11)14-13(18)4-7-16-5-3-6-17(9-8-16)22(2,19)20/h10H,3-9H2,1-2H3,(H,14,15,18). The number of aromatic nitrogens is 1. The number of amides is 1. The van der Waals surface area contributed by atoms with Gasteiger partial charge in [-0.15, -0.1) is 0 Å². The highest BCUT2D eigenvalue weighted by molar-refractivity contribution is 7.88. The van der Waals surface area contributed by atoms with E-state index in [1.165, 1.54) is 10.6 Å². The molecule has 124 valence electrons. The second kappa shape index (κ2) is 7.21. The van der Waals surface area contributed by atoms with Crippen molar-refractivity contribution >= 4 is 21.7 Å². The van der Waals surface area contributed by atoms with Crippen molar-refractivity contribution in [3.8, 4) is 0 Å². The molecule has 0 bridgehead atoms. The molecule has 0 atom stereocenters. The molecule has 0 aliphatic carbocycles. The van der Waals surface area contributed by atoms with Crippen molar-refractivity contribution in [2.24, 2.45) is 0 Å². The van der Waals surface area contributed by atoms with Crippen LogP contribution in [0.1, 0.15) is 18.6 Å². The number of anilines is 1. The first-order valence-corrected chi connectivity index (χ1v) is 9.10. The van der Waals surface area contributed by atoms with E-state index in [1.807, 2.05) is 0 Å². The van der Waals surface area contributed by atoms with Gasteiger partial charge in [0.25, 0.3) is 0 Å². The summed E-state index contributed by atoms with van der Waals surface area (Å²) in [5.41, 5.74) is 0. The summed E-state index contributed by atoms with van der Waals surface area (Å²) in [4.78, 5) is 14.0. The first kappa shape index (κ1) is 16.9. The fraction of sp³-hybridized carbons (Fsp3) is 0.692. The lowest BCUT2D eigenvalue weighted by molar-refractivity contribution is -0.116. The number of carbonyl (C=O) groups excluding carboxylic acids is 1. The van der Waals surface area contributed by atoms with E-state index >= 15 is 0 Å². The Bertz CT molecular complexity index is 613. The van der Waals surface area contributed by atoms with Gasteiger partial charge in [-0.25, -0.2) is 12.7 Å². The van der Waals surface area contributed by atoms with Gasteiger partial charge < -0.3 is 14.7 Å². The summed E-state index contributed by atoms with van der Waals surface area (Å²) in [6.45, 7) is 4.81. The molecular formula is C13H22N4O4S. The molecule has 1 N–H and O–H groups in total. The van der Waals surface area contributed by atoms with Crippen LogP contribution in [0.2, 0.25) is 0 Å². The number of nitrogens with one attached hydrogen (secondary N) is 1. The van der Waals surface area contributed by atoms with Crippen LogP contribution in [0.15, 0.2) is 10.6 Å². The highest BCUT2D eigenvalue weighted by Crippen LogP contribution is 2.09. The fourth-order valence-corrected chi connectivity index (χ4v) is 3.27. The van der Waals surface area contributed by atoms with Crippen LogP contribution in [0, 0.1) is 6.92 Å². The van der Waals surface area contributed by atoms with E-state index < -0.39 is 10.0 Å². The van der Waals surface area contributed by atoms with Gasteiger partial charge in [-0.3, -0.25) is 4.79 Å². The largest absolute Gasteiger partial charge is 0.360 e. The lowest BCUT2D eigenvalue weighted by Crippen LogP contribution is -2.35. The minimum atomic E-state index is -3.13. The molecule has 8 nitrogen and oxygen atoms in total. The van der Waals surface area contributed by atoms with Crippen LogP contribution < -0.4 is 5.32 Å². The van der Waals surface area contributed by atoms with E-state index in [-0.39, 0.29) is 5.91 Å². The summed E-state index contributed by atoms with van der Waals surface area (Å²) < 4.78 is 29.5. The number of sulfonamides is 1. The first-order chi connectivity index (χ1) is 10.3. The summed E-state index contributed by atoms with van der Waals surface area (Å²) in [5, 5.41) is 6.38. The van der Waals surface area contributed by atoms with Gasteiger partial charge in [-0.1, -0.05) is 5.16 Å². The monoisotopic (exact) mass is 330 g/mol. The number of carbonyl (C=O) groups is 1. The van der Waals surface area contributed by atoms with Gasteiger partial charge in [0.15, 0.2) is 5.82 Å². The topological polar surface area (TPSA) is 95.8 Å². The van der Waals surface area contributed by atoms with E-state index in [4.69, 9.17) is 4.52 Å². The molecule has 0 saturated carbocycles. The van der Waals surface area contributed by atoms with Gasteiger partial charge in [0.05, 0.1) is 6.26 Å². The molecule has 1 aromatic heterocycles. The summed E-state index contributed by atoms with van der Waals surface area (Å²) in [5.74, 6) is 0.933. The van der Waals surface area contributed by atoms with Crippen LogP contribution in [0.3, 0.4) is 0 Å². The van der Waals surface area contributed by atoms with Crippen molar-refractivity contribution in [1.29, 1.82) is 0 Å². The van der Waals surface area contributed by atoms with E-state index in [9.17, 15) is 13.2 Å². The highest BCUT2D eigenvalue weighted by Gasteiger charge is 2.21. The molecule has 0 spiro atoms. The Labute approximate surface area is 130 Å². The van der Waals surface area contributed by atoms with E-state index in [0.717, 1.165) is 13.0 Å². The predicted octanol–water partition coefficient (Wildman–Crippen LogP) is 0.279. The van der Waals surface area contributed by atoms with Crippen molar-refractivity contribution in [3.63, 3.8) is 0 Å². The van der Waals surface area contributed by atoms with Crippen LogP contribution >= 0.6 is 0 Å². The molecule has 2 rings (SSSR count). The van der Waals surface area contributed by atoms with Gasteiger partial charge in [0.2, 0.25) is 15.9 Å². The Morgan fingerprint density at radius 2 is 2.14 bits per heavy atom. The number of nitrogens with zero attached hydrogens (tertiary/aromatic N) is 3. The van der Waals surface area contributed by atoms with Gasteiger partial charge in [0.1, 0.15) is 5.76 Å². The van der Waals surface area contributed by atoms with Gasteiger partial charge in [0, 0.05) is 38.7 Å². The molecule has 0 radical (unpaired) electrons. The minimum absolute atomic E-state index is 0.127. The maximum Gasteiger partial charge on any atom is 0.226 e. The quantitative estimate of drug-likeness (QED) is 0.833. The molecule has 0 aromatic carbocycles. The van der Waals surface area contributed by atoms with E-state index in [2.05, 4.69) is 15.4 Å². The lowest BCUT2D eigenvalue weighted by Gasteiger charge is -2.20. The maximum absolute atomic E-state index is 11.8. The molecule has 2 heterocycles. The van der Waals surface area contributed by atoms with Crippen molar-refractivity contribution < 1.29 is 17.7 Å². The number of hydrogen-bond acceptors (Lipinski definition) is 6. The summed E-state index contributed by atoms with van der Waals surface area (Å²) in [6.07, 6.45) is 2.35. The third-order valence-electron chi connectivity index (χ3n) is 3.57. The average molecular weight is 330 g/mol. The molecule has 1 aliphatic heterocycles. The number of rotatable bonds is 5. The van der Waals surface area contributed by atoms with Crippen molar-refractivity contribution in [1.82, 2.24) is 14.4 Å². The smallest absolute Gasteiger partial charge is 0.226 e. The van der Waals surface area contributed by atoms with Gasteiger partial charge in [-0.2, -0.15) is 0 Å². The Morgan fingerprint density at radius 3 is 2.77 bits per heavy atom. The molecule has 1 saturated heterocycles. The zero-order valence-electron chi connectivity index (χ0n) is 12.9. The van der Waals surface area contributed by atoms with Crippen molar-refractivity contribution in [2.45, 2.75) is 19.8 Å². The Morgan fingerprint density at radius 1 is 1.36 bits per heavy atom. The van der Waals surface area contributed by atoms with E-state index in [1.54, 1.807) is 13.0 Å². The Hall–Kier alpha value is -1.45. The van der Waals surface area contributed by atoms with E-state index in [0.29, 0.717) is 44.2 Å². The molecular weight excluding hydrogens is 308 g/mol. The van der Waals surface area contributed by atoms with Crippen LogP contribution in [-0.4, -0.2) is 67.7 Å². The average Bonchev–Trinajstić information content (AvgIpc) is 2.70. The molecule has 1 aliphatic rings. The molecule has 0 unspecified atom stereocenters. The second-order valence-electron chi connectivity index (χ2n) is 5.48. The molecule has 9 heteroatoms. The lowest BCUT2D eigenvalue weighted by atomic mass is 10.3. The summed E-state index contributed by atoms with van der Waals surface area (Å²) >= 11 is 0. The zero-order chi connectivity index (χ0) is 16.2. The fourth-order valence-electron chi connectivity index (χ4n) is 2.39. The van der Waals surface area contributed by atoms with Crippen molar-refractivity contribution in [2.75, 3.05) is 44.3 Å². The number of aryl methyl sites for hydroxylation is 1. The minimum Gasteiger partial charge on any atom is -0.360 e. The third kappa shape index (κ3) is 5.08. The second-order valence-corrected chi connectivity index (χ2v) is 7.46. The normalized spacial score (nSPS) is 18.1. The molecule has 1 aromatic rings. The van der Waals surface area contributed by atoms with Crippen LogP contribution in [0.25, 0.3) is 0 Å². The van der Waals surface area contributed by atoms with Gasteiger partial charge in [-0.05, 0) is 19.9 Å². The van der Waals surface area contributed by atoms with Crippen molar-refractivity contribution in [3.05, 3.63) is 11.8 Å². The highest BCUT2D eigenvalue weighted by atomic mass is 32.2. The van der Waals surface area contributed by atoms with Gasteiger partial charge >= 0.3 is 0 Å². The summed E-state index contributed by atoms with van der Waals surface area (Å²) in [6, 6.07) is 1.66. The molecule has 1 amide bonds. The predicted molar refractivity (Wildman–Crippen MR) is 82.0 cm³/mol. The summed E-state index contributed by atoms with van der Waals surface area (Å²) in [7, 11) is -3.13. The first-order valence-electron chi connectivity index (χ1n) is 7.25.